The van der Waals surface area contributed by atoms with Gasteiger partial charge in [0.05, 0.1) is 11.3 Å². The van der Waals surface area contributed by atoms with Gasteiger partial charge in [-0.1, -0.05) is 6.07 Å². The summed E-state index contributed by atoms with van der Waals surface area (Å²) in [4.78, 5) is 23.5. The van der Waals surface area contributed by atoms with E-state index in [-0.39, 0.29) is 12.0 Å². The maximum Gasteiger partial charge on any atom is 0.270 e. The molecule has 0 aliphatic rings. The highest BCUT2D eigenvalue weighted by Crippen LogP contribution is 2.22. The zero-order valence-corrected chi connectivity index (χ0v) is 10.6. The first-order valence-corrected chi connectivity index (χ1v) is 6.13. The molecule has 17 heavy (non-hydrogen) atoms. The summed E-state index contributed by atoms with van der Waals surface area (Å²) < 4.78 is 1.23. The fraction of sp³-hybridized carbons (Fsp3) is 0.182. The van der Waals surface area contributed by atoms with Crippen LogP contribution in [-0.2, 0) is 18.3 Å². The van der Waals surface area contributed by atoms with Crippen LogP contribution in [0.3, 0.4) is 0 Å². The first-order chi connectivity index (χ1) is 8.08. The second-order valence-corrected chi connectivity index (χ2v) is 4.86. The van der Waals surface area contributed by atoms with Crippen LogP contribution in [0.1, 0.15) is 5.56 Å². The summed E-state index contributed by atoms with van der Waals surface area (Å²) in [6.45, 7) is 0. The largest absolute Gasteiger partial charge is 0.281 e. The lowest BCUT2D eigenvalue weighted by molar-refractivity contribution is -0.111. The standard InChI is InChI=1S/C11H9ClN2O2S/c1-14-11(16)7(6-10(12)15)5-8(13-14)9-3-2-4-17-9/h2-5H,6H2,1H3. The summed E-state index contributed by atoms with van der Waals surface area (Å²) in [6, 6.07) is 5.43. The van der Waals surface area contributed by atoms with Gasteiger partial charge in [0, 0.05) is 12.6 Å². The van der Waals surface area contributed by atoms with Crippen molar-refractivity contribution in [2.24, 2.45) is 7.05 Å². The molecule has 0 aromatic carbocycles. The molecule has 0 radical (unpaired) electrons. The fourth-order valence-electron chi connectivity index (χ4n) is 1.49. The molecule has 0 aliphatic heterocycles. The number of carbonyl (C=O) groups is 1. The molecular formula is C11H9ClN2O2S. The van der Waals surface area contributed by atoms with Crippen molar-refractivity contribution in [2.75, 3.05) is 0 Å². The Bertz CT molecular complexity index is 604. The van der Waals surface area contributed by atoms with E-state index in [1.165, 1.54) is 16.0 Å². The van der Waals surface area contributed by atoms with Crippen molar-refractivity contribution in [1.29, 1.82) is 0 Å². The van der Waals surface area contributed by atoms with Crippen LogP contribution >= 0.6 is 22.9 Å². The second-order valence-electron chi connectivity index (χ2n) is 3.49. The molecule has 0 aliphatic carbocycles. The lowest BCUT2D eigenvalue weighted by Crippen LogP contribution is -2.24. The number of halogens is 1. The highest BCUT2D eigenvalue weighted by atomic mass is 35.5. The van der Waals surface area contributed by atoms with Gasteiger partial charge in [-0.2, -0.15) is 5.10 Å². The number of thiophene rings is 1. The van der Waals surface area contributed by atoms with Gasteiger partial charge in [-0.25, -0.2) is 4.68 Å². The minimum absolute atomic E-state index is 0.0743. The van der Waals surface area contributed by atoms with Gasteiger partial charge >= 0.3 is 0 Å². The van der Waals surface area contributed by atoms with Crippen LogP contribution < -0.4 is 5.56 Å². The van der Waals surface area contributed by atoms with E-state index in [4.69, 9.17) is 11.6 Å². The van der Waals surface area contributed by atoms with Gasteiger partial charge < -0.3 is 0 Å². The molecule has 0 saturated heterocycles. The van der Waals surface area contributed by atoms with Crippen LogP contribution in [0.5, 0.6) is 0 Å². The zero-order valence-electron chi connectivity index (χ0n) is 9.01. The molecule has 88 valence electrons. The second kappa shape index (κ2) is 4.81. The quantitative estimate of drug-likeness (QED) is 0.798. The molecule has 0 unspecified atom stereocenters. The van der Waals surface area contributed by atoms with E-state index in [1.54, 1.807) is 13.1 Å². The van der Waals surface area contributed by atoms with Crippen LogP contribution in [0.2, 0.25) is 0 Å². The van der Waals surface area contributed by atoms with Crippen molar-refractivity contribution in [3.63, 3.8) is 0 Å². The Kier molecular flexibility index (Phi) is 3.40. The number of rotatable bonds is 3. The summed E-state index contributed by atoms with van der Waals surface area (Å²) in [7, 11) is 1.56. The SMILES string of the molecule is Cn1nc(-c2cccs2)cc(CC(=O)Cl)c1=O. The summed E-state index contributed by atoms with van der Waals surface area (Å²) in [5.41, 5.74) is 0.750. The molecule has 2 rings (SSSR count). The maximum absolute atomic E-state index is 11.7. The third-order valence-electron chi connectivity index (χ3n) is 2.24. The molecule has 0 atom stereocenters. The minimum atomic E-state index is -0.551. The monoisotopic (exact) mass is 268 g/mol. The van der Waals surface area contributed by atoms with E-state index >= 15 is 0 Å². The van der Waals surface area contributed by atoms with Gasteiger partial charge in [0.2, 0.25) is 5.24 Å². The molecule has 0 N–H and O–H groups in total. The number of hydrogen-bond donors (Lipinski definition) is 0. The molecule has 0 bridgehead atoms. The Balaban J connectivity index is 2.53. The summed E-state index contributed by atoms with van der Waals surface area (Å²) in [6.07, 6.45) is -0.0743. The summed E-state index contributed by atoms with van der Waals surface area (Å²) in [5.74, 6) is 0. The van der Waals surface area contributed by atoms with E-state index in [1.807, 2.05) is 17.5 Å². The Labute approximate surface area is 106 Å². The van der Waals surface area contributed by atoms with Crippen molar-refractivity contribution in [3.8, 4) is 10.6 Å². The molecule has 2 heterocycles. The smallest absolute Gasteiger partial charge is 0.270 e. The van der Waals surface area contributed by atoms with Crippen molar-refractivity contribution in [3.05, 3.63) is 39.5 Å². The van der Waals surface area contributed by atoms with E-state index in [9.17, 15) is 9.59 Å². The van der Waals surface area contributed by atoms with Crippen LogP contribution in [-0.4, -0.2) is 15.0 Å². The van der Waals surface area contributed by atoms with Crippen molar-refractivity contribution in [2.45, 2.75) is 6.42 Å². The third-order valence-corrected chi connectivity index (χ3v) is 3.27. The van der Waals surface area contributed by atoms with E-state index in [0.29, 0.717) is 11.3 Å². The van der Waals surface area contributed by atoms with Gasteiger partial charge in [-0.3, -0.25) is 9.59 Å². The van der Waals surface area contributed by atoms with Crippen LogP contribution in [0, 0.1) is 0 Å². The van der Waals surface area contributed by atoms with Gasteiger partial charge in [0.15, 0.2) is 0 Å². The predicted octanol–water partition coefficient (Wildman–Crippen LogP) is 1.82. The number of hydrogen-bond acceptors (Lipinski definition) is 4. The van der Waals surface area contributed by atoms with Gasteiger partial charge in [0.25, 0.3) is 5.56 Å². The lowest BCUT2D eigenvalue weighted by Gasteiger charge is -2.04. The van der Waals surface area contributed by atoms with Crippen LogP contribution in [0.4, 0.5) is 0 Å². The number of aromatic nitrogens is 2. The first-order valence-electron chi connectivity index (χ1n) is 4.87. The average molecular weight is 269 g/mol. The van der Waals surface area contributed by atoms with Gasteiger partial charge in [0.1, 0.15) is 5.69 Å². The molecule has 0 spiro atoms. The number of carbonyl (C=O) groups excluding carboxylic acids is 1. The molecule has 2 aromatic heterocycles. The Morgan fingerprint density at radius 3 is 2.94 bits per heavy atom. The molecular weight excluding hydrogens is 260 g/mol. The van der Waals surface area contributed by atoms with E-state index < -0.39 is 5.24 Å². The molecule has 0 fully saturated rings. The van der Waals surface area contributed by atoms with Crippen molar-refractivity contribution < 1.29 is 4.79 Å². The van der Waals surface area contributed by atoms with Crippen molar-refractivity contribution >= 4 is 28.2 Å². The molecule has 6 heteroatoms. The molecule has 0 saturated carbocycles. The fourth-order valence-corrected chi connectivity index (χ4v) is 2.32. The predicted molar refractivity (Wildman–Crippen MR) is 67.4 cm³/mol. The van der Waals surface area contributed by atoms with E-state index in [0.717, 1.165) is 4.88 Å². The third kappa shape index (κ3) is 2.62. The Morgan fingerprint density at radius 2 is 2.35 bits per heavy atom. The lowest BCUT2D eigenvalue weighted by atomic mass is 10.2. The number of aryl methyl sites for hydroxylation is 1. The van der Waals surface area contributed by atoms with Gasteiger partial charge in [-0.15, -0.1) is 11.3 Å². The van der Waals surface area contributed by atoms with E-state index in [2.05, 4.69) is 5.10 Å². The maximum atomic E-state index is 11.7. The van der Waals surface area contributed by atoms with Crippen LogP contribution in [0.25, 0.3) is 10.6 Å². The molecule has 4 nitrogen and oxygen atoms in total. The Hall–Kier alpha value is -1.46. The number of nitrogens with zero attached hydrogens (tertiary/aromatic N) is 2. The first kappa shape index (κ1) is 12.0. The molecule has 2 aromatic rings. The van der Waals surface area contributed by atoms with Gasteiger partial charge in [-0.05, 0) is 29.1 Å². The zero-order chi connectivity index (χ0) is 12.4. The minimum Gasteiger partial charge on any atom is -0.281 e. The normalized spacial score (nSPS) is 10.5. The highest BCUT2D eigenvalue weighted by Gasteiger charge is 2.10. The summed E-state index contributed by atoms with van der Waals surface area (Å²) >= 11 is 6.83. The average Bonchev–Trinajstić information content (AvgIpc) is 2.77. The summed E-state index contributed by atoms with van der Waals surface area (Å²) in [5, 5.41) is 5.52. The molecule has 0 amide bonds. The van der Waals surface area contributed by atoms with Crippen LogP contribution in [0.15, 0.2) is 28.4 Å². The highest BCUT2D eigenvalue weighted by molar-refractivity contribution is 7.13. The Morgan fingerprint density at radius 1 is 1.59 bits per heavy atom. The van der Waals surface area contributed by atoms with Crippen molar-refractivity contribution in [1.82, 2.24) is 9.78 Å². The topological polar surface area (TPSA) is 52.0 Å².